The minimum atomic E-state index is 0.0652. The van der Waals surface area contributed by atoms with Gasteiger partial charge in [-0.3, -0.25) is 0 Å². The molecular weight excluding hydrogens is 337 g/mol. The van der Waals surface area contributed by atoms with E-state index in [1.54, 1.807) is 7.11 Å². The zero-order valence-electron chi connectivity index (χ0n) is 9.47. The molecule has 7 heteroatoms. The molecule has 1 saturated heterocycles. The highest BCUT2D eigenvalue weighted by atomic mass is 127. The van der Waals surface area contributed by atoms with Crippen molar-refractivity contribution in [2.45, 2.75) is 6.10 Å². The maximum atomic E-state index is 8.65. The van der Waals surface area contributed by atoms with Crippen molar-refractivity contribution < 1.29 is 14.6 Å². The Balaban J connectivity index is 1.94. The van der Waals surface area contributed by atoms with Gasteiger partial charge in [-0.05, 0) is 22.6 Å². The molecule has 1 aromatic rings. The standard InChI is InChI=1S/C10H14IN3O3/c1-16-10-12-8(11)4-9(13-10)14-5-7(6-14)17-3-2-15/h4,7,15H,2-3,5-6H2,1H3. The van der Waals surface area contributed by atoms with Gasteiger partial charge in [-0.1, -0.05) is 0 Å². The van der Waals surface area contributed by atoms with Crippen molar-refractivity contribution in [3.63, 3.8) is 0 Å². The number of hydrogen-bond donors (Lipinski definition) is 1. The highest BCUT2D eigenvalue weighted by molar-refractivity contribution is 14.1. The van der Waals surface area contributed by atoms with Gasteiger partial charge in [-0.2, -0.15) is 9.97 Å². The van der Waals surface area contributed by atoms with Crippen LogP contribution < -0.4 is 9.64 Å². The van der Waals surface area contributed by atoms with Gasteiger partial charge in [-0.15, -0.1) is 0 Å². The van der Waals surface area contributed by atoms with Crippen LogP contribution in [0.15, 0.2) is 6.07 Å². The molecule has 0 amide bonds. The molecule has 1 N–H and O–H groups in total. The zero-order valence-corrected chi connectivity index (χ0v) is 11.6. The summed E-state index contributed by atoms with van der Waals surface area (Å²) in [5.74, 6) is 0.852. The maximum Gasteiger partial charge on any atom is 0.319 e. The third kappa shape index (κ3) is 3.17. The van der Waals surface area contributed by atoms with Gasteiger partial charge in [-0.25, -0.2) is 0 Å². The summed E-state index contributed by atoms with van der Waals surface area (Å²) in [5.41, 5.74) is 0. The number of nitrogens with zero attached hydrogens (tertiary/aromatic N) is 3. The van der Waals surface area contributed by atoms with Crippen LogP contribution in [0.25, 0.3) is 0 Å². The summed E-state index contributed by atoms with van der Waals surface area (Å²) in [6.45, 7) is 2.03. The lowest BCUT2D eigenvalue weighted by molar-refractivity contribution is 0.0132. The number of anilines is 1. The van der Waals surface area contributed by atoms with Crippen molar-refractivity contribution in [3.05, 3.63) is 9.77 Å². The second-order valence-electron chi connectivity index (χ2n) is 3.66. The van der Waals surface area contributed by atoms with Crippen LogP contribution in [0.2, 0.25) is 0 Å². The average Bonchev–Trinajstić information content (AvgIpc) is 2.26. The number of aliphatic hydroxyl groups excluding tert-OH is 1. The Hall–Kier alpha value is -0.670. The summed E-state index contributed by atoms with van der Waals surface area (Å²) in [7, 11) is 1.55. The number of aromatic nitrogens is 2. The van der Waals surface area contributed by atoms with Crippen LogP contribution in [0.3, 0.4) is 0 Å². The second-order valence-corrected chi connectivity index (χ2v) is 4.76. The number of halogens is 1. The summed E-state index contributed by atoms with van der Waals surface area (Å²) in [4.78, 5) is 10.5. The Morgan fingerprint density at radius 1 is 1.53 bits per heavy atom. The second kappa shape index (κ2) is 5.78. The fourth-order valence-electron chi connectivity index (χ4n) is 1.59. The molecule has 0 aliphatic carbocycles. The predicted octanol–water partition coefficient (Wildman–Crippen LogP) is 0.287. The van der Waals surface area contributed by atoms with Gasteiger partial charge in [0, 0.05) is 19.2 Å². The van der Waals surface area contributed by atoms with Crippen molar-refractivity contribution in [1.29, 1.82) is 0 Å². The normalized spacial score (nSPS) is 15.8. The first-order valence-electron chi connectivity index (χ1n) is 5.29. The first-order valence-corrected chi connectivity index (χ1v) is 6.37. The quantitative estimate of drug-likeness (QED) is 0.608. The van der Waals surface area contributed by atoms with E-state index in [9.17, 15) is 0 Å². The molecule has 0 radical (unpaired) electrons. The molecule has 0 atom stereocenters. The molecule has 94 valence electrons. The lowest BCUT2D eigenvalue weighted by Crippen LogP contribution is -2.53. The summed E-state index contributed by atoms with van der Waals surface area (Å²) in [6.07, 6.45) is 0.181. The molecule has 0 spiro atoms. The molecule has 0 bridgehead atoms. The van der Waals surface area contributed by atoms with Gasteiger partial charge in [0.05, 0.1) is 26.4 Å². The number of ether oxygens (including phenoxy) is 2. The first kappa shape index (κ1) is 12.8. The highest BCUT2D eigenvalue weighted by Gasteiger charge is 2.28. The number of hydrogen-bond acceptors (Lipinski definition) is 6. The molecule has 2 heterocycles. The Bertz CT molecular complexity index is 385. The van der Waals surface area contributed by atoms with E-state index in [1.807, 2.05) is 6.07 Å². The van der Waals surface area contributed by atoms with Gasteiger partial charge < -0.3 is 19.5 Å². The third-order valence-electron chi connectivity index (χ3n) is 2.46. The van der Waals surface area contributed by atoms with E-state index in [4.69, 9.17) is 14.6 Å². The Labute approximate surface area is 113 Å². The van der Waals surface area contributed by atoms with Gasteiger partial charge in [0.25, 0.3) is 0 Å². The molecule has 1 aliphatic heterocycles. The number of methoxy groups -OCH3 is 1. The van der Waals surface area contributed by atoms with Gasteiger partial charge in [0.1, 0.15) is 9.52 Å². The lowest BCUT2D eigenvalue weighted by Gasteiger charge is -2.39. The van der Waals surface area contributed by atoms with Crippen molar-refractivity contribution in [1.82, 2.24) is 9.97 Å². The van der Waals surface area contributed by atoms with Crippen LogP contribution in [0.1, 0.15) is 0 Å². The number of rotatable bonds is 5. The van der Waals surface area contributed by atoms with E-state index in [0.717, 1.165) is 22.6 Å². The van der Waals surface area contributed by atoms with Gasteiger partial charge >= 0.3 is 6.01 Å². The monoisotopic (exact) mass is 351 g/mol. The fraction of sp³-hybridized carbons (Fsp3) is 0.600. The van der Waals surface area contributed by atoms with E-state index >= 15 is 0 Å². The minimum absolute atomic E-state index is 0.0652. The Morgan fingerprint density at radius 3 is 2.94 bits per heavy atom. The van der Waals surface area contributed by atoms with Crippen molar-refractivity contribution >= 4 is 28.4 Å². The van der Waals surface area contributed by atoms with Crippen LogP contribution in [-0.4, -0.2) is 54.6 Å². The van der Waals surface area contributed by atoms with E-state index in [1.165, 1.54) is 0 Å². The molecular formula is C10H14IN3O3. The molecule has 0 unspecified atom stereocenters. The average molecular weight is 351 g/mol. The minimum Gasteiger partial charge on any atom is -0.467 e. The first-order chi connectivity index (χ1) is 8.22. The zero-order chi connectivity index (χ0) is 12.3. The summed E-state index contributed by atoms with van der Waals surface area (Å²) in [6, 6.07) is 2.29. The molecule has 0 saturated carbocycles. The lowest BCUT2D eigenvalue weighted by atomic mass is 10.1. The predicted molar refractivity (Wildman–Crippen MR) is 70.3 cm³/mol. The smallest absolute Gasteiger partial charge is 0.319 e. The summed E-state index contributed by atoms with van der Waals surface area (Å²) in [5, 5.41) is 8.65. The SMILES string of the molecule is COc1nc(I)cc(N2CC(OCCO)C2)n1. The van der Waals surface area contributed by atoms with E-state index in [2.05, 4.69) is 37.5 Å². The molecule has 2 rings (SSSR count). The van der Waals surface area contributed by atoms with Gasteiger partial charge in [0.15, 0.2) is 0 Å². The van der Waals surface area contributed by atoms with E-state index < -0.39 is 0 Å². The van der Waals surface area contributed by atoms with Crippen LogP contribution in [0.5, 0.6) is 6.01 Å². The summed E-state index contributed by atoms with van der Waals surface area (Å²) < 4.78 is 11.3. The van der Waals surface area contributed by atoms with Crippen molar-refractivity contribution in [2.24, 2.45) is 0 Å². The maximum absolute atomic E-state index is 8.65. The molecule has 0 aromatic carbocycles. The van der Waals surface area contributed by atoms with E-state index in [-0.39, 0.29) is 12.7 Å². The molecule has 17 heavy (non-hydrogen) atoms. The van der Waals surface area contributed by atoms with Crippen LogP contribution in [-0.2, 0) is 4.74 Å². The van der Waals surface area contributed by atoms with Gasteiger partial charge in [0.2, 0.25) is 0 Å². The summed E-state index contributed by atoms with van der Waals surface area (Å²) >= 11 is 2.13. The molecule has 6 nitrogen and oxygen atoms in total. The highest BCUT2D eigenvalue weighted by Crippen LogP contribution is 2.23. The Morgan fingerprint density at radius 2 is 2.29 bits per heavy atom. The largest absolute Gasteiger partial charge is 0.467 e. The van der Waals surface area contributed by atoms with Crippen molar-refractivity contribution in [3.8, 4) is 6.01 Å². The molecule has 1 aliphatic rings. The van der Waals surface area contributed by atoms with Crippen LogP contribution in [0, 0.1) is 3.70 Å². The fourth-order valence-corrected chi connectivity index (χ4v) is 2.07. The van der Waals surface area contributed by atoms with Crippen molar-refractivity contribution in [2.75, 3.05) is 38.3 Å². The molecule has 1 fully saturated rings. The third-order valence-corrected chi connectivity index (χ3v) is 3.01. The Kier molecular flexibility index (Phi) is 4.35. The number of aliphatic hydroxyl groups is 1. The van der Waals surface area contributed by atoms with Crippen LogP contribution >= 0.6 is 22.6 Å². The van der Waals surface area contributed by atoms with E-state index in [0.29, 0.717) is 12.6 Å². The van der Waals surface area contributed by atoms with Crippen LogP contribution in [0.4, 0.5) is 5.82 Å². The topological polar surface area (TPSA) is 67.7 Å². The molecule has 1 aromatic heterocycles.